The van der Waals surface area contributed by atoms with Crippen molar-refractivity contribution in [2.24, 2.45) is 0 Å². The van der Waals surface area contributed by atoms with Crippen LogP contribution >= 0.6 is 0 Å². The van der Waals surface area contributed by atoms with E-state index in [1.54, 1.807) is 12.2 Å². The molecular weight excluding hydrogens is 444 g/mol. The predicted octanol–water partition coefficient (Wildman–Crippen LogP) is 4.31. The number of benzene rings is 2. The summed E-state index contributed by atoms with van der Waals surface area (Å²) in [6.45, 7) is 8.58. The van der Waals surface area contributed by atoms with Crippen molar-refractivity contribution >= 4 is 30.4 Å². The van der Waals surface area contributed by atoms with E-state index in [4.69, 9.17) is 13.9 Å². The molecule has 34 heavy (non-hydrogen) atoms. The lowest BCUT2D eigenvalue weighted by Gasteiger charge is -2.43. The minimum atomic E-state index is -2.59. The average molecular weight is 479 g/mol. The van der Waals surface area contributed by atoms with Crippen LogP contribution in [0.25, 0.3) is 0 Å². The van der Waals surface area contributed by atoms with Gasteiger partial charge in [0.05, 0.1) is 0 Å². The fourth-order valence-electron chi connectivity index (χ4n) is 4.58. The number of methoxy groups -OCH3 is 1. The maximum absolute atomic E-state index is 12.4. The Hall–Kier alpha value is -2.80. The zero-order valence-corrected chi connectivity index (χ0v) is 21.7. The Balaban J connectivity index is 1.83. The summed E-state index contributed by atoms with van der Waals surface area (Å²) in [7, 11) is -1.23. The molecule has 0 aliphatic heterocycles. The van der Waals surface area contributed by atoms with Gasteiger partial charge in [-0.25, -0.2) is 0 Å². The molecule has 0 aromatic heterocycles. The summed E-state index contributed by atoms with van der Waals surface area (Å²) in [4.78, 5) is 23.9. The molecule has 6 heteroatoms. The molecule has 0 spiro atoms. The molecule has 0 saturated carbocycles. The molecule has 2 aromatic rings. The van der Waals surface area contributed by atoms with Crippen LogP contribution in [-0.2, 0) is 23.5 Å². The highest BCUT2D eigenvalue weighted by Crippen LogP contribution is 2.37. The van der Waals surface area contributed by atoms with Crippen molar-refractivity contribution in [2.45, 2.75) is 51.4 Å². The van der Waals surface area contributed by atoms with Crippen LogP contribution in [0.15, 0.2) is 84.5 Å². The van der Waals surface area contributed by atoms with Crippen molar-refractivity contribution in [1.82, 2.24) is 0 Å². The number of ketones is 1. The van der Waals surface area contributed by atoms with Crippen LogP contribution < -0.4 is 10.4 Å². The Morgan fingerprint density at radius 2 is 1.50 bits per heavy atom. The zero-order chi connectivity index (χ0) is 24.8. The van der Waals surface area contributed by atoms with Crippen molar-refractivity contribution in [3.05, 3.63) is 84.5 Å². The molecule has 5 nitrogen and oxygen atoms in total. The van der Waals surface area contributed by atoms with Crippen LogP contribution in [0.3, 0.4) is 0 Å². The van der Waals surface area contributed by atoms with E-state index in [-0.39, 0.29) is 5.04 Å². The highest BCUT2D eigenvalue weighted by molar-refractivity contribution is 6.99. The number of esters is 1. The van der Waals surface area contributed by atoms with Crippen LogP contribution in [-0.4, -0.2) is 39.6 Å². The van der Waals surface area contributed by atoms with E-state index in [2.05, 4.69) is 69.3 Å². The average Bonchev–Trinajstić information content (AvgIpc) is 2.81. The summed E-state index contributed by atoms with van der Waals surface area (Å²) >= 11 is 0. The highest BCUT2D eigenvalue weighted by atomic mass is 28.4. The van der Waals surface area contributed by atoms with E-state index in [1.807, 2.05) is 12.1 Å². The first-order valence-corrected chi connectivity index (χ1v) is 13.5. The first-order chi connectivity index (χ1) is 16.1. The number of ether oxygens (including phenoxy) is 2. The SMILES string of the molecule is COC1(OC(C)=O)C=C(CCCO[Si](c2ccccc2)(c2ccccc2)C(C)(C)C)C=CC1=O. The molecule has 0 saturated heterocycles. The van der Waals surface area contributed by atoms with E-state index in [0.717, 1.165) is 12.0 Å². The second kappa shape index (κ2) is 10.6. The van der Waals surface area contributed by atoms with Gasteiger partial charge in [-0.05, 0) is 46.0 Å². The summed E-state index contributed by atoms with van der Waals surface area (Å²) < 4.78 is 17.5. The second-order valence-corrected chi connectivity index (χ2v) is 13.8. The lowest BCUT2D eigenvalue weighted by Crippen LogP contribution is -2.66. The van der Waals surface area contributed by atoms with Crippen molar-refractivity contribution in [1.29, 1.82) is 0 Å². The fraction of sp³-hybridized carbons (Fsp3) is 0.357. The Kier molecular flexibility index (Phi) is 8.07. The first kappa shape index (κ1) is 25.8. The summed E-state index contributed by atoms with van der Waals surface area (Å²) in [5.74, 6) is -2.66. The molecule has 1 atom stereocenters. The minimum Gasteiger partial charge on any atom is -0.421 e. The number of allylic oxidation sites excluding steroid dienone is 2. The Morgan fingerprint density at radius 3 is 1.97 bits per heavy atom. The van der Waals surface area contributed by atoms with E-state index >= 15 is 0 Å². The van der Waals surface area contributed by atoms with Gasteiger partial charge in [0.1, 0.15) is 0 Å². The molecule has 1 aliphatic rings. The summed E-state index contributed by atoms with van der Waals surface area (Å²) in [6, 6.07) is 21.1. The van der Waals surface area contributed by atoms with Gasteiger partial charge in [0.15, 0.2) is 0 Å². The smallest absolute Gasteiger partial charge is 0.305 e. The molecule has 0 heterocycles. The van der Waals surface area contributed by atoms with Gasteiger partial charge in [0.25, 0.3) is 14.1 Å². The number of hydrogen-bond acceptors (Lipinski definition) is 5. The Morgan fingerprint density at radius 1 is 0.941 bits per heavy atom. The molecule has 1 aliphatic carbocycles. The normalized spacial score (nSPS) is 18.5. The van der Waals surface area contributed by atoms with E-state index in [9.17, 15) is 9.59 Å². The van der Waals surface area contributed by atoms with Crippen LogP contribution in [0.1, 0.15) is 40.5 Å². The van der Waals surface area contributed by atoms with Gasteiger partial charge in [0, 0.05) is 20.6 Å². The Labute approximate surface area is 203 Å². The molecule has 180 valence electrons. The molecule has 0 bridgehead atoms. The number of rotatable bonds is 9. The van der Waals surface area contributed by atoms with Crippen LogP contribution in [0, 0.1) is 0 Å². The molecule has 2 aromatic carbocycles. The van der Waals surface area contributed by atoms with Gasteiger partial charge in [-0.3, -0.25) is 9.59 Å². The van der Waals surface area contributed by atoms with Gasteiger partial charge in [-0.15, -0.1) is 0 Å². The standard InChI is InChI=1S/C28H34O5Si/c1-22(29)33-28(31-5)21-23(18-19-26(28)30)13-12-20-32-34(27(2,3)4,24-14-8-6-9-15-24)25-16-10-7-11-17-25/h6-11,14-19,21H,12-13,20H2,1-5H3. The molecule has 3 rings (SSSR count). The number of carbonyl (C=O) groups excluding carboxylic acids is 2. The van der Waals surface area contributed by atoms with Crippen molar-refractivity contribution in [2.75, 3.05) is 13.7 Å². The van der Waals surface area contributed by atoms with E-state index in [1.165, 1.54) is 30.5 Å². The quantitative estimate of drug-likeness (QED) is 0.233. The topological polar surface area (TPSA) is 61.8 Å². The van der Waals surface area contributed by atoms with Gasteiger partial charge < -0.3 is 13.9 Å². The van der Waals surface area contributed by atoms with Gasteiger partial charge in [-0.2, -0.15) is 0 Å². The fourth-order valence-corrected chi connectivity index (χ4v) is 9.18. The number of carbonyl (C=O) groups is 2. The van der Waals surface area contributed by atoms with Crippen molar-refractivity contribution < 1.29 is 23.5 Å². The van der Waals surface area contributed by atoms with E-state index < -0.39 is 25.9 Å². The molecule has 0 amide bonds. The van der Waals surface area contributed by atoms with Gasteiger partial charge in [-0.1, -0.05) is 87.5 Å². The zero-order valence-electron chi connectivity index (χ0n) is 20.7. The molecule has 1 unspecified atom stereocenters. The monoisotopic (exact) mass is 478 g/mol. The van der Waals surface area contributed by atoms with Crippen molar-refractivity contribution in [3.8, 4) is 0 Å². The maximum atomic E-state index is 12.4. The van der Waals surface area contributed by atoms with Gasteiger partial charge >= 0.3 is 5.97 Å². The Bertz CT molecular complexity index is 1010. The third kappa shape index (κ3) is 5.30. The lowest BCUT2D eigenvalue weighted by molar-refractivity contribution is -0.199. The summed E-state index contributed by atoms with van der Waals surface area (Å²) in [5.41, 5.74) is 0.869. The molecule has 0 fully saturated rings. The third-order valence-corrected chi connectivity index (χ3v) is 11.2. The summed E-state index contributed by atoms with van der Waals surface area (Å²) in [6.07, 6.45) is 6.17. The maximum Gasteiger partial charge on any atom is 0.305 e. The van der Waals surface area contributed by atoms with Crippen LogP contribution in [0.4, 0.5) is 0 Å². The third-order valence-electron chi connectivity index (χ3n) is 6.11. The van der Waals surface area contributed by atoms with Crippen LogP contribution in [0.5, 0.6) is 0 Å². The van der Waals surface area contributed by atoms with Gasteiger partial charge in [0.2, 0.25) is 5.78 Å². The van der Waals surface area contributed by atoms with Crippen LogP contribution in [0.2, 0.25) is 5.04 Å². The molecular formula is C28H34O5Si. The minimum absolute atomic E-state index is 0.0906. The number of hydrogen-bond donors (Lipinski definition) is 0. The second-order valence-electron chi connectivity index (χ2n) is 9.50. The van der Waals surface area contributed by atoms with E-state index in [0.29, 0.717) is 13.0 Å². The van der Waals surface area contributed by atoms with Crippen molar-refractivity contribution in [3.63, 3.8) is 0 Å². The highest BCUT2D eigenvalue weighted by Gasteiger charge is 2.50. The predicted molar refractivity (Wildman–Crippen MR) is 137 cm³/mol. The molecule has 0 N–H and O–H groups in total. The largest absolute Gasteiger partial charge is 0.421 e. The summed E-state index contributed by atoms with van der Waals surface area (Å²) in [5, 5.41) is 2.39. The first-order valence-electron chi connectivity index (χ1n) is 11.6. The lowest BCUT2D eigenvalue weighted by atomic mass is 9.97. The molecule has 0 radical (unpaired) electrons.